The van der Waals surface area contributed by atoms with Gasteiger partial charge in [0.05, 0.1) is 5.52 Å². The topological polar surface area (TPSA) is 88.5 Å². The van der Waals surface area contributed by atoms with Gasteiger partial charge in [-0.05, 0) is 46.5 Å². The molecule has 0 saturated heterocycles. The van der Waals surface area contributed by atoms with Crippen molar-refractivity contribution in [3.8, 4) is 11.1 Å². The van der Waals surface area contributed by atoms with E-state index in [-0.39, 0.29) is 18.2 Å². The second-order valence-electron chi connectivity index (χ2n) is 7.36. The maximum absolute atomic E-state index is 12.4. The molecule has 3 aromatic carbocycles. The van der Waals surface area contributed by atoms with Crippen molar-refractivity contribution >= 4 is 28.7 Å². The largest absolute Gasteiger partial charge is 0.477 e. The number of carbonyl (C=O) groups excluding carboxylic acids is 1. The molecular formula is C25H18N2O4. The second-order valence-corrected chi connectivity index (χ2v) is 7.36. The summed E-state index contributed by atoms with van der Waals surface area (Å²) in [5, 5.41) is 12.5. The predicted molar refractivity (Wildman–Crippen MR) is 117 cm³/mol. The van der Waals surface area contributed by atoms with Gasteiger partial charge < -0.3 is 9.84 Å². The number of amides is 1. The molecule has 152 valence electrons. The zero-order valence-electron chi connectivity index (χ0n) is 16.4. The summed E-state index contributed by atoms with van der Waals surface area (Å²) in [6, 6.07) is 24.5. The average molecular weight is 410 g/mol. The van der Waals surface area contributed by atoms with Crippen LogP contribution in [0.1, 0.15) is 27.5 Å². The number of ether oxygens (including phenoxy) is 1. The molecule has 0 saturated carbocycles. The van der Waals surface area contributed by atoms with Crippen LogP contribution in [0.2, 0.25) is 0 Å². The summed E-state index contributed by atoms with van der Waals surface area (Å²) < 4.78 is 5.56. The first kappa shape index (κ1) is 18.8. The molecule has 1 aromatic heterocycles. The van der Waals surface area contributed by atoms with E-state index in [1.165, 1.54) is 17.2 Å². The third-order valence-electron chi connectivity index (χ3n) is 5.50. The molecule has 0 fully saturated rings. The molecule has 1 heterocycles. The number of carboxylic acids is 1. The Morgan fingerprint density at radius 2 is 1.58 bits per heavy atom. The van der Waals surface area contributed by atoms with E-state index in [4.69, 9.17) is 9.84 Å². The minimum Gasteiger partial charge on any atom is -0.477 e. The van der Waals surface area contributed by atoms with E-state index in [0.29, 0.717) is 11.2 Å². The van der Waals surface area contributed by atoms with Gasteiger partial charge >= 0.3 is 12.1 Å². The van der Waals surface area contributed by atoms with Gasteiger partial charge in [-0.25, -0.2) is 14.6 Å². The first-order chi connectivity index (χ1) is 15.1. The van der Waals surface area contributed by atoms with Crippen LogP contribution in [-0.4, -0.2) is 28.8 Å². The summed E-state index contributed by atoms with van der Waals surface area (Å²) in [4.78, 5) is 27.6. The number of aromatic carboxylic acids is 1. The van der Waals surface area contributed by atoms with Crippen LogP contribution in [0.4, 0.5) is 10.5 Å². The zero-order chi connectivity index (χ0) is 21.4. The number of nitrogens with one attached hydrogen (secondary N) is 1. The Labute approximate surface area is 178 Å². The highest BCUT2D eigenvalue weighted by atomic mass is 16.5. The van der Waals surface area contributed by atoms with Crippen molar-refractivity contribution in [1.82, 2.24) is 4.98 Å². The van der Waals surface area contributed by atoms with Gasteiger partial charge in [-0.15, -0.1) is 0 Å². The molecule has 0 aliphatic heterocycles. The number of fused-ring (bicyclic) bond motifs is 4. The second kappa shape index (κ2) is 7.57. The molecule has 4 aromatic rings. The third kappa shape index (κ3) is 3.48. The lowest BCUT2D eigenvalue weighted by Crippen LogP contribution is -2.17. The number of benzene rings is 3. The Morgan fingerprint density at radius 1 is 0.903 bits per heavy atom. The van der Waals surface area contributed by atoms with E-state index in [2.05, 4.69) is 34.6 Å². The normalized spacial score (nSPS) is 12.3. The Kier molecular flexibility index (Phi) is 4.59. The summed E-state index contributed by atoms with van der Waals surface area (Å²) in [6.07, 6.45) is -0.545. The van der Waals surface area contributed by atoms with Crippen LogP contribution in [0.25, 0.3) is 22.0 Å². The van der Waals surface area contributed by atoms with Gasteiger partial charge in [-0.2, -0.15) is 0 Å². The van der Waals surface area contributed by atoms with Crippen molar-refractivity contribution < 1.29 is 19.4 Å². The van der Waals surface area contributed by atoms with Crippen LogP contribution in [0.3, 0.4) is 0 Å². The van der Waals surface area contributed by atoms with Crippen LogP contribution in [-0.2, 0) is 4.74 Å². The van der Waals surface area contributed by atoms with Crippen molar-refractivity contribution in [2.75, 3.05) is 11.9 Å². The summed E-state index contributed by atoms with van der Waals surface area (Å²) in [5.41, 5.74) is 5.73. The molecule has 2 N–H and O–H groups in total. The lowest BCUT2D eigenvalue weighted by Gasteiger charge is -2.14. The Morgan fingerprint density at radius 3 is 2.26 bits per heavy atom. The molecule has 6 heteroatoms. The molecule has 0 atom stereocenters. The molecule has 0 spiro atoms. The summed E-state index contributed by atoms with van der Waals surface area (Å²) in [6.45, 7) is 0.233. The van der Waals surface area contributed by atoms with E-state index in [9.17, 15) is 9.59 Å². The standard InChI is InChI=1S/C25H18N2O4/c28-24(29)23-11-9-15-13-16(10-12-22(15)27-23)26-25(30)31-14-21-19-7-3-1-5-17(19)18-6-2-4-8-20(18)21/h1-13,21H,14H2,(H,26,30)(H,28,29). The van der Waals surface area contributed by atoms with Gasteiger partial charge in [0, 0.05) is 17.0 Å². The van der Waals surface area contributed by atoms with Crippen molar-refractivity contribution in [3.05, 3.63) is 95.7 Å². The summed E-state index contributed by atoms with van der Waals surface area (Å²) in [7, 11) is 0. The molecule has 0 unspecified atom stereocenters. The quantitative estimate of drug-likeness (QED) is 0.477. The smallest absolute Gasteiger partial charge is 0.411 e. The van der Waals surface area contributed by atoms with Gasteiger partial charge in [0.2, 0.25) is 0 Å². The number of pyridine rings is 1. The summed E-state index contributed by atoms with van der Waals surface area (Å²) >= 11 is 0. The molecule has 5 rings (SSSR count). The van der Waals surface area contributed by atoms with E-state index in [1.807, 2.05) is 24.3 Å². The Bertz CT molecular complexity index is 1290. The van der Waals surface area contributed by atoms with Crippen molar-refractivity contribution in [3.63, 3.8) is 0 Å². The third-order valence-corrected chi connectivity index (χ3v) is 5.50. The number of rotatable bonds is 4. The fraction of sp³-hybridized carbons (Fsp3) is 0.0800. The number of anilines is 1. The van der Waals surface area contributed by atoms with Gasteiger partial charge in [0.1, 0.15) is 12.3 Å². The molecule has 0 radical (unpaired) electrons. The van der Waals surface area contributed by atoms with E-state index >= 15 is 0 Å². The van der Waals surface area contributed by atoms with Crippen LogP contribution in [0.5, 0.6) is 0 Å². The lowest BCUT2D eigenvalue weighted by molar-refractivity contribution is 0.0691. The van der Waals surface area contributed by atoms with Gasteiger partial charge in [-0.1, -0.05) is 54.6 Å². The Balaban J connectivity index is 1.30. The maximum Gasteiger partial charge on any atom is 0.411 e. The van der Waals surface area contributed by atoms with E-state index in [0.717, 1.165) is 16.5 Å². The maximum atomic E-state index is 12.4. The van der Waals surface area contributed by atoms with E-state index < -0.39 is 12.1 Å². The number of carboxylic acid groups (broad SMARTS) is 1. The minimum atomic E-state index is -1.08. The summed E-state index contributed by atoms with van der Waals surface area (Å²) in [5.74, 6) is -1.09. The number of hydrogen-bond acceptors (Lipinski definition) is 4. The van der Waals surface area contributed by atoms with Crippen molar-refractivity contribution in [1.29, 1.82) is 0 Å². The van der Waals surface area contributed by atoms with Crippen molar-refractivity contribution in [2.24, 2.45) is 0 Å². The molecule has 31 heavy (non-hydrogen) atoms. The van der Waals surface area contributed by atoms with Crippen LogP contribution in [0.15, 0.2) is 78.9 Å². The number of carbonyl (C=O) groups is 2. The predicted octanol–water partition coefficient (Wildman–Crippen LogP) is 5.29. The van der Waals surface area contributed by atoms with E-state index in [1.54, 1.807) is 24.3 Å². The van der Waals surface area contributed by atoms with Crippen LogP contribution in [0, 0.1) is 0 Å². The van der Waals surface area contributed by atoms with Gasteiger partial charge in [0.15, 0.2) is 0 Å². The highest BCUT2D eigenvalue weighted by Gasteiger charge is 2.29. The molecule has 1 aliphatic carbocycles. The number of nitrogens with zero attached hydrogens (tertiary/aromatic N) is 1. The first-order valence-electron chi connectivity index (χ1n) is 9.86. The van der Waals surface area contributed by atoms with Crippen LogP contribution >= 0.6 is 0 Å². The monoisotopic (exact) mass is 410 g/mol. The fourth-order valence-corrected chi connectivity index (χ4v) is 4.07. The van der Waals surface area contributed by atoms with Gasteiger partial charge in [-0.3, -0.25) is 5.32 Å². The Hall–Kier alpha value is -4.19. The first-order valence-corrected chi connectivity index (χ1v) is 9.86. The fourth-order valence-electron chi connectivity index (χ4n) is 4.07. The molecule has 1 amide bonds. The minimum absolute atomic E-state index is 0.00612. The number of hydrogen-bond donors (Lipinski definition) is 2. The highest BCUT2D eigenvalue weighted by molar-refractivity contribution is 5.93. The van der Waals surface area contributed by atoms with Crippen LogP contribution < -0.4 is 5.32 Å². The van der Waals surface area contributed by atoms with Crippen molar-refractivity contribution in [2.45, 2.75) is 5.92 Å². The van der Waals surface area contributed by atoms with Gasteiger partial charge in [0.25, 0.3) is 0 Å². The molecule has 0 bridgehead atoms. The lowest BCUT2D eigenvalue weighted by atomic mass is 9.98. The number of aromatic nitrogens is 1. The molecule has 6 nitrogen and oxygen atoms in total. The molecular weight excluding hydrogens is 392 g/mol. The average Bonchev–Trinajstić information content (AvgIpc) is 3.11. The molecule has 1 aliphatic rings. The highest BCUT2D eigenvalue weighted by Crippen LogP contribution is 2.44. The zero-order valence-corrected chi connectivity index (χ0v) is 16.4. The SMILES string of the molecule is O=C(Nc1ccc2nc(C(=O)O)ccc2c1)OCC1c2ccccc2-c2ccccc21.